The van der Waals surface area contributed by atoms with Gasteiger partial charge in [-0.15, -0.1) is 13.2 Å². The van der Waals surface area contributed by atoms with E-state index in [0.717, 1.165) is 32.1 Å². The number of rotatable bonds is 13. The van der Waals surface area contributed by atoms with Gasteiger partial charge in [-0.05, 0) is 58.3 Å². The van der Waals surface area contributed by atoms with E-state index in [1.54, 1.807) is 17.1 Å². The summed E-state index contributed by atoms with van der Waals surface area (Å²) in [6.07, 6.45) is 12.5. The van der Waals surface area contributed by atoms with Gasteiger partial charge in [-0.25, -0.2) is 0 Å². The molecule has 1 spiro atoms. The lowest BCUT2D eigenvalue weighted by molar-refractivity contribution is -0.160. The minimum absolute atomic E-state index is 0.0882. The van der Waals surface area contributed by atoms with Crippen molar-refractivity contribution in [2.45, 2.75) is 101 Å². The molecule has 1 N–H and O–H groups in total. The Bertz CT molecular complexity index is 886. The number of hydrogen-bond donors (Lipinski definition) is 1. The zero-order chi connectivity index (χ0) is 26.6. The number of amides is 2. The highest BCUT2D eigenvalue weighted by molar-refractivity contribution is 5.98. The summed E-state index contributed by atoms with van der Waals surface area (Å²) < 4.78 is 12.3. The molecule has 8 nitrogen and oxygen atoms in total. The number of hydrogen-bond acceptors (Lipinski definition) is 6. The molecule has 0 aromatic heterocycles. The third kappa shape index (κ3) is 4.99. The van der Waals surface area contributed by atoms with E-state index in [1.807, 2.05) is 11.8 Å². The molecule has 2 unspecified atom stereocenters. The number of fused-ring (bicyclic) bond motifs is 1. The SMILES string of the molecule is C=CCCOC(=O)[C@@H]1[C@H]2C(=O)N(CCCCCO)C(C(=O)N(CC=C)C3CCCCC3)C23CC[C@@]1(C)O3. The Morgan fingerprint density at radius 3 is 2.59 bits per heavy atom. The lowest BCUT2D eigenvalue weighted by Gasteiger charge is -2.40. The summed E-state index contributed by atoms with van der Waals surface area (Å²) in [4.78, 5) is 45.4. The summed E-state index contributed by atoms with van der Waals surface area (Å²) in [6.45, 7) is 10.6. The fourth-order valence-electron chi connectivity index (χ4n) is 7.31. The molecule has 2 bridgehead atoms. The molecule has 4 rings (SSSR count). The maximum atomic E-state index is 14.4. The molecule has 0 aromatic carbocycles. The Morgan fingerprint density at radius 2 is 1.92 bits per heavy atom. The third-order valence-corrected chi connectivity index (χ3v) is 9.01. The molecule has 0 radical (unpaired) electrons. The first-order valence-electron chi connectivity index (χ1n) is 14.1. The van der Waals surface area contributed by atoms with Crippen LogP contribution in [0.2, 0.25) is 0 Å². The lowest BCUT2D eigenvalue weighted by atomic mass is 9.66. The molecule has 1 saturated carbocycles. The van der Waals surface area contributed by atoms with Gasteiger partial charge < -0.3 is 24.4 Å². The predicted molar refractivity (Wildman–Crippen MR) is 139 cm³/mol. The van der Waals surface area contributed by atoms with Crippen molar-refractivity contribution in [1.29, 1.82) is 0 Å². The fourth-order valence-corrected chi connectivity index (χ4v) is 7.31. The highest BCUT2D eigenvalue weighted by Crippen LogP contribution is 2.63. The Hall–Kier alpha value is -2.19. The van der Waals surface area contributed by atoms with Crippen molar-refractivity contribution in [2.24, 2.45) is 11.8 Å². The Morgan fingerprint density at radius 1 is 1.16 bits per heavy atom. The van der Waals surface area contributed by atoms with Crippen molar-refractivity contribution < 1.29 is 29.0 Å². The number of carbonyl (C=O) groups excluding carboxylic acids is 3. The first-order chi connectivity index (χ1) is 17.8. The van der Waals surface area contributed by atoms with E-state index < -0.39 is 35.0 Å². The highest BCUT2D eigenvalue weighted by atomic mass is 16.6. The summed E-state index contributed by atoms with van der Waals surface area (Å²) in [5, 5.41) is 9.23. The number of carbonyl (C=O) groups is 3. The minimum Gasteiger partial charge on any atom is -0.465 e. The summed E-state index contributed by atoms with van der Waals surface area (Å²) in [7, 11) is 0. The van der Waals surface area contributed by atoms with Crippen molar-refractivity contribution in [1.82, 2.24) is 9.80 Å². The molecule has 0 aromatic rings. The second kappa shape index (κ2) is 11.7. The smallest absolute Gasteiger partial charge is 0.312 e. The zero-order valence-corrected chi connectivity index (χ0v) is 22.4. The van der Waals surface area contributed by atoms with E-state index in [-0.39, 0.29) is 31.1 Å². The normalized spacial score (nSPS) is 32.9. The first-order valence-corrected chi connectivity index (χ1v) is 14.1. The molecule has 37 heavy (non-hydrogen) atoms. The molecular formula is C29H44N2O6. The molecule has 206 valence electrons. The Kier molecular flexibility index (Phi) is 8.79. The van der Waals surface area contributed by atoms with Crippen molar-refractivity contribution in [3.05, 3.63) is 25.3 Å². The van der Waals surface area contributed by atoms with E-state index in [2.05, 4.69) is 13.2 Å². The molecule has 5 atom stereocenters. The zero-order valence-electron chi connectivity index (χ0n) is 22.4. The molecule has 4 fully saturated rings. The number of unbranched alkanes of at least 4 members (excludes halogenated alkanes) is 2. The third-order valence-electron chi connectivity index (χ3n) is 9.01. The average molecular weight is 517 g/mol. The Labute approximate surface area is 221 Å². The van der Waals surface area contributed by atoms with E-state index in [9.17, 15) is 19.5 Å². The number of likely N-dealkylation sites (tertiary alicyclic amines) is 1. The van der Waals surface area contributed by atoms with Crippen molar-refractivity contribution in [3.63, 3.8) is 0 Å². The standard InChI is InChI=1S/C29H44N2O6/c1-4-6-20-36-27(35)23-22-25(33)31(18-11-8-12-19-32)24(29(22)16-15-28(23,3)37-29)26(34)30(17-5-2)21-13-9-7-10-14-21/h4-5,21-24,32H,1-2,6-20H2,3H3/t22-,23-,24?,28+,29?/m0/s1. The minimum atomic E-state index is -1.03. The van der Waals surface area contributed by atoms with Crippen LogP contribution in [0.1, 0.15) is 77.6 Å². The summed E-state index contributed by atoms with van der Waals surface area (Å²) in [6, 6.07) is -0.649. The number of ether oxygens (including phenoxy) is 2. The van der Waals surface area contributed by atoms with Gasteiger partial charge in [-0.2, -0.15) is 0 Å². The van der Waals surface area contributed by atoms with Crippen LogP contribution >= 0.6 is 0 Å². The van der Waals surface area contributed by atoms with Crippen molar-refractivity contribution in [3.8, 4) is 0 Å². The second-order valence-corrected chi connectivity index (χ2v) is 11.4. The van der Waals surface area contributed by atoms with Crippen LogP contribution in [0.5, 0.6) is 0 Å². The van der Waals surface area contributed by atoms with Crippen LogP contribution in [-0.4, -0.2) is 82.3 Å². The topological polar surface area (TPSA) is 96.4 Å². The van der Waals surface area contributed by atoms with Crippen molar-refractivity contribution in [2.75, 3.05) is 26.3 Å². The van der Waals surface area contributed by atoms with Crippen LogP contribution in [0.15, 0.2) is 25.3 Å². The van der Waals surface area contributed by atoms with Gasteiger partial charge in [0, 0.05) is 25.7 Å². The highest BCUT2D eigenvalue weighted by Gasteiger charge is 2.78. The maximum Gasteiger partial charge on any atom is 0.312 e. The summed E-state index contributed by atoms with van der Waals surface area (Å²) in [5.74, 6) is -2.16. The predicted octanol–water partition coefficient (Wildman–Crippen LogP) is 3.38. The first kappa shape index (κ1) is 27.8. The van der Waals surface area contributed by atoms with E-state index in [4.69, 9.17) is 9.47 Å². The van der Waals surface area contributed by atoms with E-state index in [0.29, 0.717) is 45.2 Å². The van der Waals surface area contributed by atoms with Gasteiger partial charge in [0.25, 0.3) is 0 Å². The van der Waals surface area contributed by atoms with Gasteiger partial charge in [0.1, 0.15) is 17.6 Å². The largest absolute Gasteiger partial charge is 0.465 e. The quantitative estimate of drug-likeness (QED) is 0.229. The van der Waals surface area contributed by atoms with Crippen LogP contribution in [0.4, 0.5) is 0 Å². The second-order valence-electron chi connectivity index (χ2n) is 11.4. The molecule has 3 saturated heterocycles. The fraction of sp³-hybridized carbons (Fsp3) is 0.759. The monoisotopic (exact) mass is 516 g/mol. The van der Waals surface area contributed by atoms with Crippen LogP contribution in [-0.2, 0) is 23.9 Å². The molecule has 8 heteroatoms. The lowest BCUT2D eigenvalue weighted by Crippen LogP contribution is -2.58. The number of nitrogens with zero attached hydrogens (tertiary/aromatic N) is 2. The van der Waals surface area contributed by atoms with Gasteiger partial charge in [0.2, 0.25) is 11.8 Å². The van der Waals surface area contributed by atoms with Gasteiger partial charge in [-0.3, -0.25) is 14.4 Å². The van der Waals surface area contributed by atoms with Gasteiger partial charge >= 0.3 is 5.97 Å². The molecule has 1 aliphatic carbocycles. The molecular weight excluding hydrogens is 472 g/mol. The van der Waals surface area contributed by atoms with Gasteiger partial charge in [0.15, 0.2) is 0 Å². The van der Waals surface area contributed by atoms with Crippen LogP contribution in [0, 0.1) is 11.8 Å². The molecule has 3 aliphatic heterocycles. The average Bonchev–Trinajstić information content (AvgIpc) is 3.46. The molecule has 4 aliphatic rings. The number of aliphatic hydroxyl groups excluding tert-OH is 1. The maximum absolute atomic E-state index is 14.4. The Balaban J connectivity index is 1.68. The summed E-state index contributed by atoms with van der Waals surface area (Å²) >= 11 is 0. The van der Waals surface area contributed by atoms with Crippen LogP contribution in [0.3, 0.4) is 0 Å². The number of aliphatic hydroxyl groups is 1. The molecule has 3 heterocycles. The van der Waals surface area contributed by atoms with Crippen molar-refractivity contribution >= 4 is 17.8 Å². The van der Waals surface area contributed by atoms with Gasteiger partial charge in [-0.1, -0.05) is 31.4 Å². The van der Waals surface area contributed by atoms with Gasteiger partial charge in [0.05, 0.1) is 18.1 Å². The van der Waals surface area contributed by atoms with E-state index >= 15 is 0 Å². The summed E-state index contributed by atoms with van der Waals surface area (Å²) in [5.41, 5.74) is -1.86. The van der Waals surface area contributed by atoms with Crippen LogP contribution in [0.25, 0.3) is 0 Å². The molecule has 2 amide bonds. The van der Waals surface area contributed by atoms with Crippen LogP contribution < -0.4 is 0 Å². The van der Waals surface area contributed by atoms with E-state index in [1.165, 1.54) is 6.42 Å². The number of esters is 1.